The summed E-state index contributed by atoms with van der Waals surface area (Å²) in [6.45, 7) is 2.05. The van der Waals surface area contributed by atoms with Gasteiger partial charge in [0.05, 0.1) is 12.7 Å². The number of nitrogens with zero attached hydrogens (tertiary/aromatic N) is 2. The molecule has 6 nitrogen and oxygen atoms in total. The van der Waals surface area contributed by atoms with Gasteiger partial charge in [0, 0.05) is 24.9 Å². The van der Waals surface area contributed by atoms with E-state index in [2.05, 4.69) is 10.3 Å². The number of likely N-dealkylation sites (tertiary alicyclic amines) is 1. The van der Waals surface area contributed by atoms with Crippen LogP contribution in [0.1, 0.15) is 49.4 Å². The summed E-state index contributed by atoms with van der Waals surface area (Å²) in [6.07, 6.45) is 5.07. The Bertz CT molecular complexity index is 790. The highest BCUT2D eigenvalue weighted by atomic mass is 35.5. The quantitative estimate of drug-likeness (QED) is 0.871. The second-order valence-electron chi connectivity index (χ2n) is 6.48. The van der Waals surface area contributed by atoms with Gasteiger partial charge in [-0.3, -0.25) is 9.59 Å². The van der Waals surface area contributed by atoms with Gasteiger partial charge in [0.2, 0.25) is 17.7 Å². The van der Waals surface area contributed by atoms with Crippen LogP contribution < -0.4 is 5.32 Å². The number of carbonyl (C=O) groups excluding carboxylic acids is 2. The summed E-state index contributed by atoms with van der Waals surface area (Å²) in [5.41, 5.74) is 1.04. The van der Waals surface area contributed by atoms with E-state index in [1.807, 2.05) is 24.3 Å². The first kappa shape index (κ1) is 18.5. The number of carbonyl (C=O) groups is 2. The first-order valence-corrected chi connectivity index (χ1v) is 9.13. The van der Waals surface area contributed by atoms with Crippen molar-refractivity contribution in [2.45, 2.75) is 38.6 Å². The molecule has 0 aliphatic carbocycles. The summed E-state index contributed by atoms with van der Waals surface area (Å²) in [7, 11) is 0. The smallest absolute Gasteiger partial charge is 0.242 e. The number of benzene rings is 1. The summed E-state index contributed by atoms with van der Waals surface area (Å²) in [5.74, 6) is 0.964. The number of oxazole rings is 1. The first-order chi connectivity index (χ1) is 12.5. The fourth-order valence-electron chi connectivity index (χ4n) is 3.19. The second kappa shape index (κ2) is 8.36. The van der Waals surface area contributed by atoms with E-state index in [0.29, 0.717) is 23.9 Å². The Morgan fingerprint density at radius 2 is 2.23 bits per heavy atom. The fraction of sp³-hybridized carbons (Fsp3) is 0.421. The van der Waals surface area contributed by atoms with Crippen molar-refractivity contribution < 1.29 is 14.0 Å². The molecule has 1 aromatic carbocycles. The van der Waals surface area contributed by atoms with E-state index < -0.39 is 0 Å². The molecule has 26 heavy (non-hydrogen) atoms. The van der Waals surface area contributed by atoms with Gasteiger partial charge in [-0.05, 0) is 37.0 Å². The highest BCUT2D eigenvalue weighted by Gasteiger charge is 2.31. The predicted molar refractivity (Wildman–Crippen MR) is 97.7 cm³/mol. The molecular formula is C19H22ClN3O3. The van der Waals surface area contributed by atoms with Crippen LogP contribution in [0, 0.1) is 0 Å². The Morgan fingerprint density at radius 3 is 3.00 bits per heavy atom. The van der Waals surface area contributed by atoms with Crippen LogP contribution in [-0.4, -0.2) is 34.8 Å². The third-order valence-corrected chi connectivity index (χ3v) is 4.67. The zero-order chi connectivity index (χ0) is 18.5. The van der Waals surface area contributed by atoms with Gasteiger partial charge in [-0.25, -0.2) is 4.98 Å². The van der Waals surface area contributed by atoms with E-state index >= 15 is 0 Å². The van der Waals surface area contributed by atoms with Crippen molar-refractivity contribution in [2.24, 2.45) is 0 Å². The monoisotopic (exact) mass is 375 g/mol. The molecule has 1 N–H and O–H groups in total. The number of amides is 2. The van der Waals surface area contributed by atoms with Gasteiger partial charge >= 0.3 is 0 Å². The molecular weight excluding hydrogens is 354 g/mol. The molecule has 1 aliphatic heterocycles. The zero-order valence-electron chi connectivity index (χ0n) is 14.7. The summed E-state index contributed by atoms with van der Waals surface area (Å²) < 4.78 is 5.94. The van der Waals surface area contributed by atoms with Crippen molar-refractivity contribution >= 4 is 23.4 Å². The Hall–Kier alpha value is -2.34. The Balaban J connectivity index is 1.71. The molecule has 0 radical (unpaired) electrons. The molecule has 1 aromatic heterocycles. The van der Waals surface area contributed by atoms with Crippen LogP contribution in [0.5, 0.6) is 0 Å². The van der Waals surface area contributed by atoms with Crippen LogP contribution in [0.4, 0.5) is 0 Å². The Labute approximate surface area is 157 Å². The number of halogens is 1. The lowest BCUT2D eigenvalue weighted by atomic mass is 10.0. The largest absolute Gasteiger partial charge is 0.443 e. The van der Waals surface area contributed by atoms with Gasteiger partial charge in [-0.1, -0.05) is 23.7 Å². The minimum atomic E-state index is -0.216. The summed E-state index contributed by atoms with van der Waals surface area (Å²) in [5, 5.41) is 3.25. The lowest BCUT2D eigenvalue weighted by molar-refractivity contribution is -0.136. The Kier molecular flexibility index (Phi) is 5.93. The van der Waals surface area contributed by atoms with E-state index in [-0.39, 0.29) is 24.4 Å². The Morgan fingerprint density at radius 1 is 1.38 bits per heavy atom. The zero-order valence-corrected chi connectivity index (χ0v) is 15.5. The van der Waals surface area contributed by atoms with Gasteiger partial charge in [0.25, 0.3) is 0 Å². The summed E-state index contributed by atoms with van der Waals surface area (Å²) >= 11 is 6.02. The first-order valence-electron chi connectivity index (χ1n) is 8.76. The molecule has 0 unspecified atom stereocenters. The van der Waals surface area contributed by atoms with Gasteiger partial charge < -0.3 is 14.6 Å². The van der Waals surface area contributed by atoms with Crippen LogP contribution in [0.15, 0.2) is 34.9 Å². The molecule has 7 heteroatoms. The third kappa shape index (κ3) is 4.64. The predicted octanol–water partition coefficient (Wildman–Crippen LogP) is 3.11. The van der Waals surface area contributed by atoms with Gasteiger partial charge in [0.15, 0.2) is 0 Å². The van der Waals surface area contributed by atoms with E-state index in [1.54, 1.807) is 11.1 Å². The average molecular weight is 376 g/mol. The lowest BCUT2D eigenvalue weighted by Crippen LogP contribution is -2.44. The van der Waals surface area contributed by atoms with E-state index in [9.17, 15) is 9.59 Å². The maximum Gasteiger partial charge on any atom is 0.242 e. The summed E-state index contributed by atoms with van der Waals surface area (Å²) in [4.78, 5) is 29.7. The second-order valence-corrected chi connectivity index (χ2v) is 6.92. The van der Waals surface area contributed by atoms with Crippen LogP contribution in [-0.2, 0) is 16.0 Å². The van der Waals surface area contributed by atoms with Crippen LogP contribution in [0.25, 0.3) is 0 Å². The number of hydrogen-bond donors (Lipinski definition) is 1. The molecule has 0 bridgehead atoms. The number of rotatable bonds is 5. The van der Waals surface area contributed by atoms with Crippen molar-refractivity contribution in [1.29, 1.82) is 0 Å². The fourth-order valence-corrected chi connectivity index (χ4v) is 3.41. The highest BCUT2D eigenvalue weighted by Crippen LogP contribution is 2.31. The van der Waals surface area contributed by atoms with Gasteiger partial charge in [-0.15, -0.1) is 0 Å². The molecule has 138 valence electrons. The topological polar surface area (TPSA) is 75.4 Å². The SMILES string of the molecule is CC(=O)NCC(=O)N1CCCC[C@@H]1c1ncc(Cc2cccc(Cl)c2)o1. The molecule has 0 saturated carbocycles. The van der Waals surface area contributed by atoms with Gasteiger partial charge in [0.1, 0.15) is 11.8 Å². The number of aromatic nitrogens is 1. The maximum atomic E-state index is 12.4. The number of hydrogen-bond acceptors (Lipinski definition) is 4. The minimum Gasteiger partial charge on any atom is -0.443 e. The van der Waals surface area contributed by atoms with Crippen molar-refractivity contribution in [2.75, 3.05) is 13.1 Å². The molecule has 0 spiro atoms. The van der Waals surface area contributed by atoms with E-state index in [1.165, 1.54) is 6.92 Å². The molecule has 1 atom stereocenters. The molecule has 2 amide bonds. The highest BCUT2D eigenvalue weighted by molar-refractivity contribution is 6.30. The third-order valence-electron chi connectivity index (χ3n) is 4.44. The standard InChI is InChI=1S/C19H22ClN3O3/c1-13(24)21-12-18(25)23-8-3-2-7-17(23)19-22-11-16(26-19)10-14-5-4-6-15(20)9-14/h4-6,9,11,17H,2-3,7-8,10,12H2,1H3,(H,21,24)/t17-/m1/s1. The summed E-state index contributed by atoms with van der Waals surface area (Å²) in [6, 6.07) is 7.43. The van der Waals surface area contributed by atoms with Crippen molar-refractivity contribution in [3.63, 3.8) is 0 Å². The lowest BCUT2D eigenvalue weighted by Gasteiger charge is -2.33. The molecule has 2 heterocycles. The molecule has 1 fully saturated rings. The van der Waals surface area contributed by atoms with Crippen molar-refractivity contribution in [3.8, 4) is 0 Å². The van der Waals surface area contributed by atoms with E-state index in [0.717, 1.165) is 30.6 Å². The van der Waals surface area contributed by atoms with Crippen LogP contribution >= 0.6 is 11.6 Å². The van der Waals surface area contributed by atoms with E-state index in [4.69, 9.17) is 16.0 Å². The molecule has 3 rings (SSSR count). The minimum absolute atomic E-state index is 0.00190. The number of piperidine rings is 1. The number of nitrogens with one attached hydrogen (secondary N) is 1. The molecule has 2 aromatic rings. The van der Waals surface area contributed by atoms with Crippen LogP contribution in [0.2, 0.25) is 5.02 Å². The molecule has 1 aliphatic rings. The van der Waals surface area contributed by atoms with Crippen LogP contribution in [0.3, 0.4) is 0 Å². The molecule has 1 saturated heterocycles. The van der Waals surface area contributed by atoms with Gasteiger partial charge in [-0.2, -0.15) is 0 Å². The van der Waals surface area contributed by atoms with Crippen molar-refractivity contribution in [3.05, 3.63) is 52.7 Å². The maximum absolute atomic E-state index is 12.4. The normalized spacial score (nSPS) is 17.2. The average Bonchev–Trinajstić information content (AvgIpc) is 3.08. The van der Waals surface area contributed by atoms with Crippen molar-refractivity contribution in [1.82, 2.24) is 15.2 Å².